The highest BCUT2D eigenvalue weighted by atomic mass is 19.3. The van der Waals surface area contributed by atoms with Crippen molar-refractivity contribution in [3.63, 3.8) is 0 Å². The first kappa shape index (κ1) is 40.8. The molecule has 1 aliphatic rings. The molecule has 51 heavy (non-hydrogen) atoms. The molecule has 0 aliphatic carbocycles. The fraction of sp³-hybridized carbons (Fsp3) is 0.556. The van der Waals surface area contributed by atoms with Crippen LogP contribution in [-0.2, 0) is 23.9 Å². The summed E-state index contributed by atoms with van der Waals surface area (Å²) in [6, 6.07) is 3.61. The number of amides is 4. The van der Waals surface area contributed by atoms with Gasteiger partial charge in [0.05, 0.1) is 16.6 Å². The molecule has 1 saturated heterocycles. The summed E-state index contributed by atoms with van der Waals surface area (Å²) in [4.78, 5) is 67.8. The molecule has 2 heterocycles. The van der Waals surface area contributed by atoms with Crippen LogP contribution in [0.15, 0.2) is 36.4 Å². The molecule has 0 radical (unpaired) electrons. The highest BCUT2D eigenvalue weighted by Gasteiger charge is 2.39. The van der Waals surface area contributed by atoms with Crippen LogP contribution in [0, 0.1) is 11.3 Å². The number of rotatable bonds is 12. The molecule has 5 N–H and O–H groups in total. The summed E-state index contributed by atoms with van der Waals surface area (Å²) in [6.45, 7) is 14.2. The Balaban J connectivity index is 1.73. The van der Waals surface area contributed by atoms with E-state index in [0.29, 0.717) is 42.8 Å². The van der Waals surface area contributed by atoms with Crippen LogP contribution in [0.25, 0.3) is 17.0 Å². The molecular formula is C36H50F2N6O7. The number of nitrogens with one attached hydrogen (secondary N) is 4. The van der Waals surface area contributed by atoms with Crippen molar-refractivity contribution in [2.75, 3.05) is 6.54 Å². The van der Waals surface area contributed by atoms with E-state index in [-0.39, 0.29) is 11.6 Å². The third kappa shape index (κ3) is 11.4. The summed E-state index contributed by atoms with van der Waals surface area (Å²) in [5.41, 5.74) is 1.62. The zero-order chi connectivity index (χ0) is 38.5. The summed E-state index contributed by atoms with van der Waals surface area (Å²) in [6.07, 6.45) is 3.19. The van der Waals surface area contributed by atoms with E-state index in [2.05, 4.69) is 26.4 Å². The van der Waals surface area contributed by atoms with Crippen molar-refractivity contribution in [1.29, 1.82) is 0 Å². The molecule has 0 spiro atoms. The second kappa shape index (κ2) is 16.1. The molecule has 3 rings (SSSR count). The number of fused-ring (bicyclic) bond motifs is 1. The first-order valence-electron chi connectivity index (χ1n) is 16.9. The average Bonchev–Trinajstić information content (AvgIpc) is 3.02. The number of nitrogens with zero attached hydrogens (tertiary/aromatic N) is 2. The fourth-order valence-corrected chi connectivity index (χ4v) is 5.26. The number of carboxylic acids is 1. The Bertz CT molecular complexity index is 1650. The fourth-order valence-electron chi connectivity index (χ4n) is 5.26. The number of hydrazine groups is 1. The molecule has 1 unspecified atom stereocenters. The van der Waals surface area contributed by atoms with Crippen LogP contribution in [0.2, 0.25) is 0 Å². The molecule has 1 aromatic carbocycles. The van der Waals surface area contributed by atoms with Gasteiger partial charge in [0.2, 0.25) is 11.8 Å². The molecular weight excluding hydrogens is 666 g/mol. The van der Waals surface area contributed by atoms with Gasteiger partial charge in [0.1, 0.15) is 29.8 Å². The van der Waals surface area contributed by atoms with Crippen LogP contribution in [-0.4, -0.2) is 81.1 Å². The molecule has 0 bridgehead atoms. The number of hydrogen-bond acceptors (Lipinski definition) is 8. The van der Waals surface area contributed by atoms with Gasteiger partial charge in [0.15, 0.2) is 0 Å². The first-order chi connectivity index (χ1) is 23.5. The van der Waals surface area contributed by atoms with Crippen molar-refractivity contribution >= 4 is 46.8 Å². The van der Waals surface area contributed by atoms with E-state index in [4.69, 9.17) is 4.74 Å². The van der Waals surface area contributed by atoms with Gasteiger partial charge in [-0.2, -0.15) is 0 Å². The molecule has 2 aromatic rings. The molecule has 15 heteroatoms. The largest absolute Gasteiger partial charge is 0.480 e. The summed E-state index contributed by atoms with van der Waals surface area (Å²) in [5.74, 6) is -6.31. The van der Waals surface area contributed by atoms with E-state index in [0.717, 1.165) is 0 Å². The van der Waals surface area contributed by atoms with E-state index in [1.165, 1.54) is 18.0 Å². The summed E-state index contributed by atoms with van der Waals surface area (Å²) in [7, 11) is 0. The lowest BCUT2D eigenvalue weighted by Gasteiger charge is -2.34. The van der Waals surface area contributed by atoms with Crippen LogP contribution >= 0.6 is 0 Å². The Morgan fingerprint density at radius 3 is 2.24 bits per heavy atom. The minimum Gasteiger partial charge on any atom is -0.480 e. The third-order valence-corrected chi connectivity index (χ3v) is 8.19. The first-order valence-corrected chi connectivity index (χ1v) is 16.9. The van der Waals surface area contributed by atoms with Crippen LogP contribution < -0.4 is 21.4 Å². The predicted molar refractivity (Wildman–Crippen MR) is 187 cm³/mol. The second-order valence-corrected chi connectivity index (χ2v) is 14.9. The van der Waals surface area contributed by atoms with E-state index >= 15 is 0 Å². The standard InChI is InChI=1S/C36H50F2N6O7/c1-20(2)27(29(45)39-21(3)30(46)44-18-10-11-25(43-44)31(47)48)41-32(49)35(7,8)17-16-22-12-13-23-14-15-24(40-26(23)19-22)28(36(9,37)38)42-33(50)51-34(4,5)6/h12-17,19-21,25,27-28,43H,10-11,18H2,1-9H3,(H,39,45)(H,41,49)(H,42,50)(H,47,48)/b17-16+/t21-,25-,27?,28-/m0/s1. The number of hydrogen-bond donors (Lipinski definition) is 5. The van der Waals surface area contributed by atoms with Crippen LogP contribution in [0.5, 0.6) is 0 Å². The van der Waals surface area contributed by atoms with Gasteiger partial charge in [0, 0.05) is 18.9 Å². The summed E-state index contributed by atoms with van der Waals surface area (Å²) in [5, 5.41) is 18.8. The summed E-state index contributed by atoms with van der Waals surface area (Å²) >= 11 is 0. The number of alkyl halides is 2. The lowest BCUT2D eigenvalue weighted by molar-refractivity contribution is -0.148. The van der Waals surface area contributed by atoms with Gasteiger partial charge >= 0.3 is 12.1 Å². The van der Waals surface area contributed by atoms with E-state index in [9.17, 15) is 37.9 Å². The van der Waals surface area contributed by atoms with Gasteiger partial charge in [-0.25, -0.2) is 19.0 Å². The highest BCUT2D eigenvalue weighted by Crippen LogP contribution is 2.32. The van der Waals surface area contributed by atoms with Gasteiger partial charge < -0.3 is 25.8 Å². The van der Waals surface area contributed by atoms with Crippen molar-refractivity contribution in [3.8, 4) is 0 Å². The Kier molecular flexibility index (Phi) is 12.9. The molecule has 1 fully saturated rings. The molecule has 280 valence electrons. The number of ether oxygens (including phenoxy) is 1. The third-order valence-electron chi connectivity index (χ3n) is 8.19. The predicted octanol–water partition coefficient (Wildman–Crippen LogP) is 4.72. The van der Waals surface area contributed by atoms with Crippen LogP contribution in [0.1, 0.15) is 92.5 Å². The Hall–Kier alpha value is -4.66. The molecule has 4 atom stereocenters. The number of pyridine rings is 1. The summed E-state index contributed by atoms with van der Waals surface area (Å²) < 4.78 is 34.5. The number of carbonyl (C=O) groups is 5. The molecule has 0 saturated carbocycles. The Morgan fingerprint density at radius 1 is 1.00 bits per heavy atom. The number of carboxylic acid groups (broad SMARTS) is 1. The number of aliphatic carboxylic acids is 1. The number of alkyl carbamates (subject to hydrolysis) is 1. The maximum Gasteiger partial charge on any atom is 0.408 e. The van der Waals surface area contributed by atoms with Crippen molar-refractivity contribution in [2.24, 2.45) is 11.3 Å². The van der Waals surface area contributed by atoms with E-state index in [1.54, 1.807) is 84.9 Å². The molecule has 1 aliphatic heterocycles. The van der Waals surface area contributed by atoms with Gasteiger partial charge in [-0.05, 0) is 78.0 Å². The van der Waals surface area contributed by atoms with Crippen LogP contribution in [0.3, 0.4) is 0 Å². The number of carbonyl (C=O) groups excluding carboxylic acids is 4. The topological polar surface area (TPSA) is 179 Å². The Labute approximate surface area is 296 Å². The normalized spacial score (nSPS) is 17.5. The number of halogens is 2. The highest BCUT2D eigenvalue weighted by molar-refractivity contribution is 5.94. The lowest BCUT2D eigenvalue weighted by Crippen LogP contribution is -2.61. The van der Waals surface area contributed by atoms with E-state index in [1.807, 2.05) is 0 Å². The SMILES string of the molecule is CC(C)C(NC(=O)C(C)(C)/C=C/c1ccc2ccc([C@H](NC(=O)OC(C)(C)C)C(C)(F)F)nc2c1)C(=O)N[C@@H](C)C(=O)N1CCC[C@@H](C(=O)O)N1. The maximum absolute atomic E-state index is 14.7. The smallest absolute Gasteiger partial charge is 0.408 e. The number of aromatic nitrogens is 1. The van der Waals surface area contributed by atoms with Crippen molar-refractivity contribution < 1.29 is 42.6 Å². The van der Waals surface area contributed by atoms with E-state index < -0.39 is 70.9 Å². The quantitative estimate of drug-likeness (QED) is 0.208. The van der Waals surface area contributed by atoms with Crippen molar-refractivity contribution in [1.82, 2.24) is 31.4 Å². The van der Waals surface area contributed by atoms with Crippen molar-refractivity contribution in [2.45, 2.75) is 111 Å². The lowest BCUT2D eigenvalue weighted by atomic mass is 9.89. The molecule has 4 amide bonds. The molecule has 1 aromatic heterocycles. The van der Waals surface area contributed by atoms with Gasteiger partial charge in [-0.3, -0.25) is 29.2 Å². The molecule has 13 nitrogen and oxygen atoms in total. The average molecular weight is 717 g/mol. The monoisotopic (exact) mass is 716 g/mol. The maximum atomic E-state index is 14.7. The minimum atomic E-state index is -3.36. The second-order valence-electron chi connectivity index (χ2n) is 14.9. The van der Waals surface area contributed by atoms with Gasteiger partial charge in [0.25, 0.3) is 11.8 Å². The Morgan fingerprint density at radius 2 is 1.65 bits per heavy atom. The van der Waals surface area contributed by atoms with Gasteiger partial charge in [-0.15, -0.1) is 0 Å². The zero-order valence-electron chi connectivity index (χ0n) is 30.6. The van der Waals surface area contributed by atoms with Crippen LogP contribution in [0.4, 0.5) is 13.6 Å². The van der Waals surface area contributed by atoms with Crippen molar-refractivity contribution in [3.05, 3.63) is 47.7 Å². The minimum absolute atomic E-state index is 0.0626. The van der Waals surface area contributed by atoms with Gasteiger partial charge in [-0.1, -0.05) is 44.2 Å². The zero-order valence-corrected chi connectivity index (χ0v) is 30.6. The number of benzene rings is 1.